The molecule has 11 heteroatoms. The number of hydrogen-bond donors (Lipinski definition) is 3. The Bertz CT molecular complexity index is 1540. The number of sulfone groups is 1. The van der Waals surface area contributed by atoms with Gasteiger partial charge in [-0.15, -0.1) is 0 Å². The summed E-state index contributed by atoms with van der Waals surface area (Å²) < 4.78 is 26.6. The minimum absolute atomic E-state index is 0.0247. The number of nitrogens with one attached hydrogen (secondary N) is 3. The largest absolute Gasteiger partial charge is 0.358 e. The van der Waals surface area contributed by atoms with Crippen LogP contribution in [-0.2, 0) is 20.4 Å². The smallest absolute Gasteiger partial charge is 0.256 e. The van der Waals surface area contributed by atoms with Crippen LogP contribution >= 0.6 is 23.2 Å². The molecule has 1 aromatic heterocycles. The number of carbonyl (C=O) groups is 2. The van der Waals surface area contributed by atoms with E-state index in [0.29, 0.717) is 34.6 Å². The maximum absolute atomic E-state index is 13.3. The molecule has 3 N–H and O–H groups in total. The highest BCUT2D eigenvalue weighted by Gasteiger charge is 2.28. The molecule has 2 heterocycles. The molecule has 0 bridgehead atoms. The van der Waals surface area contributed by atoms with E-state index in [-0.39, 0.29) is 26.4 Å². The molecule has 0 unspecified atom stereocenters. The number of hydrogen-bond acceptors (Lipinski definition) is 5. The fraction of sp³-hybridized carbons (Fsp3) is 0.286. The van der Waals surface area contributed by atoms with Crippen molar-refractivity contribution in [3.05, 3.63) is 80.6 Å². The average Bonchev–Trinajstić information content (AvgIpc) is 3.42. The monoisotopic (exact) mass is 588 g/mol. The highest BCUT2D eigenvalue weighted by atomic mass is 35.5. The fourth-order valence-corrected chi connectivity index (χ4v) is 6.59. The topological polar surface area (TPSA) is 111 Å². The van der Waals surface area contributed by atoms with Gasteiger partial charge < -0.3 is 20.5 Å². The summed E-state index contributed by atoms with van der Waals surface area (Å²) >= 11 is 12.4. The summed E-state index contributed by atoms with van der Waals surface area (Å²) in [7, 11) is -3.84. The Morgan fingerprint density at radius 2 is 1.77 bits per heavy atom. The molecular formula is C28H30Cl2N4O4S. The van der Waals surface area contributed by atoms with Crippen LogP contribution in [0, 0.1) is 6.92 Å². The molecular weight excluding hydrogens is 559 g/mol. The van der Waals surface area contributed by atoms with Crippen molar-refractivity contribution >= 4 is 62.2 Å². The first-order valence-electron chi connectivity index (χ1n) is 12.6. The van der Waals surface area contributed by atoms with Crippen molar-refractivity contribution in [1.82, 2.24) is 15.2 Å². The van der Waals surface area contributed by atoms with Crippen molar-refractivity contribution in [2.24, 2.45) is 0 Å². The van der Waals surface area contributed by atoms with Gasteiger partial charge in [0, 0.05) is 45.6 Å². The molecule has 3 aromatic rings. The highest BCUT2D eigenvalue weighted by molar-refractivity contribution is 7.90. The van der Waals surface area contributed by atoms with E-state index in [9.17, 15) is 18.0 Å². The SMILES string of the molecule is CCN(CC)CCNC(=O)c1cc(C)[nH]c1C=C1C(=O)Nc2ccc(S(=O)(=O)Cc3c(Cl)cccc3Cl)cc21. The molecule has 2 amide bonds. The maximum atomic E-state index is 13.3. The molecule has 8 nitrogen and oxygen atoms in total. The highest BCUT2D eigenvalue weighted by Crippen LogP contribution is 2.36. The minimum Gasteiger partial charge on any atom is -0.358 e. The van der Waals surface area contributed by atoms with Gasteiger partial charge in [0.15, 0.2) is 9.84 Å². The van der Waals surface area contributed by atoms with Crippen LogP contribution in [0.5, 0.6) is 0 Å². The number of amides is 2. The molecule has 0 saturated carbocycles. The number of aryl methyl sites for hydroxylation is 1. The Morgan fingerprint density at radius 1 is 1.08 bits per heavy atom. The van der Waals surface area contributed by atoms with E-state index in [1.54, 1.807) is 36.4 Å². The molecule has 0 aliphatic carbocycles. The number of aromatic nitrogens is 1. The Morgan fingerprint density at radius 3 is 2.44 bits per heavy atom. The number of benzene rings is 2. The Balaban J connectivity index is 1.64. The van der Waals surface area contributed by atoms with Crippen LogP contribution in [0.1, 0.15) is 46.7 Å². The molecule has 0 radical (unpaired) electrons. The zero-order valence-electron chi connectivity index (χ0n) is 21.9. The molecule has 2 aromatic carbocycles. The number of H-pyrrole nitrogens is 1. The second kappa shape index (κ2) is 12.0. The van der Waals surface area contributed by atoms with Gasteiger partial charge in [-0.1, -0.05) is 43.1 Å². The van der Waals surface area contributed by atoms with Crippen LogP contribution < -0.4 is 10.6 Å². The third kappa shape index (κ3) is 6.38. The third-order valence-corrected chi connectivity index (χ3v) is 9.00. The van der Waals surface area contributed by atoms with E-state index >= 15 is 0 Å². The van der Waals surface area contributed by atoms with E-state index in [1.807, 2.05) is 6.92 Å². The Labute approximate surface area is 238 Å². The Kier molecular flexibility index (Phi) is 8.86. The quantitative estimate of drug-likeness (QED) is 0.283. The van der Waals surface area contributed by atoms with Gasteiger partial charge in [-0.25, -0.2) is 8.42 Å². The van der Waals surface area contributed by atoms with Crippen molar-refractivity contribution in [2.75, 3.05) is 31.5 Å². The van der Waals surface area contributed by atoms with Crippen molar-refractivity contribution < 1.29 is 18.0 Å². The van der Waals surface area contributed by atoms with Crippen molar-refractivity contribution in [2.45, 2.75) is 31.4 Å². The number of fused-ring (bicyclic) bond motifs is 1. The van der Waals surface area contributed by atoms with Gasteiger partial charge in [-0.3, -0.25) is 9.59 Å². The predicted octanol–water partition coefficient (Wildman–Crippen LogP) is 5.17. The lowest BCUT2D eigenvalue weighted by molar-refractivity contribution is -0.110. The van der Waals surface area contributed by atoms with Crippen LogP contribution in [0.15, 0.2) is 47.4 Å². The zero-order chi connectivity index (χ0) is 28.3. The van der Waals surface area contributed by atoms with Crippen molar-refractivity contribution in [3.63, 3.8) is 0 Å². The summed E-state index contributed by atoms with van der Waals surface area (Å²) in [6.07, 6.45) is 1.58. The molecule has 0 spiro atoms. The first-order chi connectivity index (χ1) is 18.5. The van der Waals surface area contributed by atoms with E-state index < -0.39 is 21.5 Å². The molecule has 1 aliphatic rings. The van der Waals surface area contributed by atoms with Gasteiger partial charge >= 0.3 is 0 Å². The third-order valence-electron chi connectivity index (χ3n) is 6.65. The average molecular weight is 590 g/mol. The number of anilines is 1. The number of aromatic amines is 1. The number of halogens is 2. The maximum Gasteiger partial charge on any atom is 0.256 e. The summed E-state index contributed by atoms with van der Waals surface area (Å²) in [5.74, 6) is -1.04. The number of carbonyl (C=O) groups excluding carboxylic acids is 2. The summed E-state index contributed by atoms with van der Waals surface area (Å²) in [5, 5.41) is 6.22. The van der Waals surface area contributed by atoms with Crippen LogP contribution in [0.2, 0.25) is 10.0 Å². The lowest BCUT2D eigenvalue weighted by Gasteiger charge is -2.17. The van der Waals surface area contributed by atoms with Gasteiger partial charge in [0.05, 0.1) is 27.5 Å². The van der Waals surface area contributed by atoms with Crippen LogP contribution in [0.3, 0.4) is 0 Å². The summed E-state index contributed by atoms with van der Waals surface area (Å²) in [6, 6.07) is 11.0. The van der Waals surface area contributed by atoms with Crippen LogP contribution in [0.25, 0.3) is 11.6 Å². The number of nitrogens with zero attached hydrogens (tertiary/aromatic N) is 1. The van der Waals surface area contributed by atoms with Gasteiger partial charge in [0.2, 0.25) is 0 Å². The zero-order valence-corrected chi connectivity index (χ0v) is 24.2. The predicted molar refractivity (Wildman–Crippen MR) is 156 cm³/mol. The van der Waals surface area contributed by atoms with E-state index in [4.69, 9.17) is 23.2 Å². The molecule has 0 atom stereocenters. The molecule has 1 aliphatic heterocycles. The number of likely N-dealkylation sites (N-methyl/N-ethyl adjacent to an activating group) is 1. The summed E-state index contributed by atoms with van der Waals surface area (Å²) in [6.45, 7) is 8.96. The van der Waals surface area contributed by atoms with Crippen LogP contribution in [-0.4, -0.2) is 56.3 Å². The van der Waals surface area contributed by atoms with Crippen LogP contribution in [0.4, 0.5) is 5.69 Å². The van der Waals surface area contributed by atoms with Crippen molar-refractivity contribution in [3.8, 4) is 0 Å². The normalized spacial score (nSPS) is 14.1. The van der Waals surface area contributed by atoms with Gasteiger partial charge in [0.25, 0.3) is 11.8 Å². The van der Waals surface area contributed by atoms with E-state index in [1.165, 1.54) is 12.1 Å². The van der Waals surface area contributed by atoms with Gasteiger partial charge in [0.1, 0.15) is 0 Å². The first kappa shape index (κ1) is 28.9. The minimum atomic E-state index is -3.84. The number of rotatable bonds is 10. The molecule has 0 fully saturated rings. The molecule has 0 saturated heterocycles. The van der Waals surface area contributed by atoms with E-state index in [0.717, 1.165) is 25.3 Å². The standard InChI is InChI=1S/C28H30Cl2N4O4S/c1-4-34(5-2)12-11-31-27(35)21-13-17(3)32-26(21)15-20-19-14-18(9-10-25(19)33-28(20)36)39(37,38)16-22-23(29)7-6-8-24(22)30/h6-10,13-15,32H,4-5,11-12,16H2,1-3H3,(H,31,35)(H,33,36). The van der Waals surface area contributed by atoms with Gasteiger partial charge in [-0.05, 0) is 62.5 Å². The summed E-state index contributed by atoms with van der Waals surface area (Å²) in [4.78, 5) is 31.2. The molecule has 4 rings (SSSR count). The van der Waals surface area contributed by atoms with Gasteiger partial charge in [-0.2, -0.15) is 0 Å². The second-order valence-corrected chi connectivity index (χ2v) is 12.0. The lowest BCUT2D eigenvalue weighted by atomic mass is 10.0. The van der Waals surface area contributed by atoms with E-state index in [2.05, 4.69) is 34.4 Å². The Hall–Kier alpha value is -3.11. The first-order valence-corrected chi connectivity index (χ1v) is 15.0. The second-order valence-electron chi connectivity index (χ2n) is 9.24. The lowest BCUT2D eigenvalue weighted by Crippen LogP contribution is -2.34. The fourth-order valence-electron chi connectivity index (χ4n) is 4.47. The molecule has 39 heavy (non-hydrogen) atoms. The van der Waals surface area contributed by atoms with Crippen molar-refractivity contribution in [1.29, 1.82) is 0 Å². The molecule has 206 valence electrons. The summed E-state index contributed by atoms with van der Waals surface area (Å²) in [5.41, 5.74) is 3.07.